The molecule has 2 N–H and O–H groups in total. The van der Waals surface area contributed by atoms with Gasteiger partial charge in [0.15, 0.2) is 0 Å². The van der Waals surface area contributed by atoms with Gasteiger partial charge in [0.1, 0.15) is 5.82 Å². The number of hydrogen-bond donors (Lipinski definition) is 1. The molecule has 1 aromatic carbocycles. The average molecular weight is 267 g/mol. The predicted octanol–water partition coefficient (Wildman–Crippen LogP) is 2.22. The van der Waals surface area contributed by atoms with Gasteiger partial charge in [-0.05, 0) is 37.3 Å². The van der Waals surface area contributed by atoms with E-state index < -0.39 is 0 Å². The molecule has 0 aliphatic rings. The second kappa shape index (κ2) is 4.85. The number of benzene rings is 1. The van der Waals surface area contributed by atoms with Gasteiger partial charge in [-0.1, -0.05) is 0 Å². The average Bonchev–Trinajstić information content (AvgIpc) is 2.98. The van der Waals surface area contributed by atoms with E-state index in [1.165, 1.54) is 0 Å². The fourth-order valence-electron chi connectivity index (χ4n) is 2.32. The second-order valence-electron chi connectivity index (χ2n) is 4.90. The lowest BCUT2D eigenvalue weighted by molar-refractivity contribution is 0.666. The molecule has 0 unspecified atom stereocenters. The topological polar surface area (TPSA) is 61.7 Å². The third-order valence-electron chi connectivity index (χ3n) is 3.32. The zero-order valence-corrected chi connectivity index (χ0v) is 11.6. The molecule has 102 valence electrons. The van der Waals surface area contributed by atoms with Crippen LogP contribution < -0.4 is 5.73 Å². The zero-order chi connectivity index (χ0) is 14.1. The highest BCUT2D eigenvalue weighted by molar-refractivity contribution is 5.59. The smallest absolute Gasteiger partial charge is 0.140 e. The van der Waals surface area contributed by atoms with E-state index in [0.29, 0.717) is 0 Å². The number of rotatable bonds is 3. The first kappa shape index (κ1) is 12.5. The van der Waals surface area contributed by atoms with E-state index in [4.69, 9.17) is 5.73 Å². The first-order valence-corrected chi connectivity index (χ1v) is 6.50. The second-order valence-corrected chi connectivity index (χ2v) is 4.90. The van der Waals surface area contributed by atoms with Gasteiger partial charge in [0, 0.05) is 30.7 Å². The summed E-state index contributed by atoms with van der Waals surface area (Å²) in [6, 6.07) is 9.85. The van der Waals surface area contributed by atoms with Gasteiger partial charge in [0.25, 0.3) is 0 Å². The van der Waals surface area contributed by atoms with Crippen molar-refractivity contribution in [2.45, 2.75) is 13.5 Å². The van der Waals surface area contributed by atoms with Crippen molar-refractivity contribution in [3.63, 3.8) is 0 Å². The molecule has 0 fully saturated rings. The predicted molar refractivity (Wildman–Crippen MR) is 79.1 cm³/mol. The summed E-state index contributed by atoms with van der Waals surface area (Å²) in [5, 5.41) is 4.37. The highest BCUT2D eigenvalue weighted by atomic mass is 15.3. The third-order valence-corrected chi connectivity index (χ3v) is 3.32. The SMILES string of the molecule is Cc1cc(Cn2ccnc2-c2ccc(N)cc2)n(C)n1. The summed E-state index contributed by atoms with van der Waals surface area (Å²) in [6.45, 7) is 2.75. The van der Waals surface area contributed by atoms with E-state index in [1.807, 2.05) is 55.3 Å². The summed E-state index contributed by atoms with van der Waals surface area (Å²) in [4.78, 5) is 4.44. The van der Waals surface area contributed by atoms with Crippen LogP contribution in [0.1, 0.15) is 11.4 Å². The minimum Gasteiger partial charge on any atom is -0.399 e. The summed E-state index contributed by atoms with van der Waals surface area (Å²) >= 11 is 0. The molecule has 0 aliphatic heterocycles. The summed E-state index contributed by atoms with van der Waals surface area (Å²) in [5.41, 5.74) is 9.72. The highest BCUT2D eigenvalue weighted by Crippen LogP contribution is 2.20. The number of hydrogen-bond acceptors (Lipinski definition) is 3. The quantitative estimate of drug-likeness (QED) is 0.740. The van der Waals surface area contributed by atoms with Crippen molar-refractivity contribution in [3.8, 4) is 11.4 Å². The van der Waals surface area contributed by atoms with E-state index in [0.717, 1.165) is 35.0 Å². The Hall–Kier alpha value is -2.56. The minimum absolute atomic E-state index is 0.747. The lowest BCUT2D eigenvalue weighted by atomic mass is 10.2. The molecule has 0 aliphatic carbocycles. The minimum atomic E-state index is 0.747. The van der Waals surface area contributed by atoms with E-state index in [9.17, 15) is 0 Å². The number of aryl methyl sites for hydroxylation is 2. The molecular weight excluding hydrogens is 250 g/mol. The molecule has 3 aromatic rings. The maximum absolute atomic E-state index is 5.73. The van der Waals surface area contributed by atoms with Crippen LogP contribution in [-0.4, -0.2) is 19.3 Å². The van der Waals surface area contributed by atoms with Crippen LogP contribution in [0, 0.1) is 6.92 Å². The van der Waals surface area contributed by atoms with Crippen LogP contribution in [-0.2, 0) is 13.6 Å². The van der Waals surface area contributed by atoms with Gasteiger partial charge in [0.05, 0.1) is 17.9 Å². The van der Waals surface area contributed by atoms with Crippen molar-refractivity contribution in [2.24, 2.45) is 7.05 Å². The molecule has 0 spiro atoms. The van der Waals surface area contributed by atoms with Gasteiger partial charge in [-0.15, -0.1) is 0 Å². The maximum atomic E-state index is 5.73. The van der Waals surface area contributed by atoms with Gasteiger partial charge < -0.3 is 10.3 Å². The van der Waals surface area contributed by atoms with Gasteiger partial charge in [-0.2, -0.15) is 5.10 Å². The number of nitrogens with zero attached hydrogens (tertiary/aromatic N) is 4. The normalized spacial score (nSPS) is 10.9. The van der Waals surface area contributed by atoms with Crippen molar-refractivity contribution in [1.29, 1.82) is 0 Å². The van der Waals surface area contributed by atoms with Gasteiger partial charge in [-0.3, -0.25) is 4.68 Å². The molecule has 0 saturated heterocycles. The van der Waals surface area contributed by atoms with Crippen LogP contribution in [0.2, 0.25) is 0 Å². The largest absolute Gasteiger partial charge is 0.399 e. The molecule has 0 atom stereocenters. The number of aromatic nitrogens is 4. The molecule has 5 nitrogen and oxygen atoms in total. The van der Waals surface area contributed by atoms with Crippen LogP contribution in [0.4, 0.5) is 5.69 Å². The van der Waals surface area contributed by atoms with Crippen molar-refractivity contribution >= 4 is 5.69 Å². The van der Waals surface area contributed by atoms with Crippen LogP contribution in [0.15, 0.2) is 42.7 Å². The Balaban J connectivity index is 1.94. The highest BCUT2D eigenvalue weighted by Gasteiger charge is 2.09. The Kier molecular flexibility index (Phi) is 3.02. The first-order chi connectivity index (χ1) is 9.63. The monoisotopic (exact) mass is 267 g/mol. The Labute approximate surface area is 117 Å². The number of imidazole rings is 1. The van der Waals surface area contributed by atoms with Crippen molar-refractivity contribution < 1.29 is 0 Å². The van der Waals surface area contributed by atoms with E-state index in [1.54, 1.807) is 0 Å². The number of nitrogen functional groups attached to an aromatic ring is 1. The van der Waals surface area contributed by atoms with E-state index in [-0.39, 0.29) is 0 Å². The lowest BCUT2D eigenvalue weighted by Crippen LogP contribution is -2.06. The standard InChI is InChI=1S/C15H17N5/c1-11-9-14(19(2)18-11)10-20-8-7-17-15(20)12-3-5-13(16)6-4-12/h3-9H,10,16H2,1-2H3. The zero-order valence-electron chi connectivity index (χ0n) is 11.6. The van der Waals surface area contributed by atoms with Gasteiger partial charge >= 0.3 is 0 Å². The molecule has 20 heavy (non-hydrogen) atoms. The molecule has 5 heteroatoms. The molecule has 2 aromatic heterocycles. The van der Waals surface area contributed by atoms with E-state index in [2.05, 4.69) is 20.7 Å². The van der Waals surface area contributed by atoms with Crippen LogP contribution >= 0.6 is 0 Å². The Morgan fingerprint density at radius 1 is 1.20 bits per heavy atom. The fourth-order valence-corrected chi connectivity index (χ4v) is 2.32. The number of nitrogens with two attached hydrogens (primary N) is 1. The van der Waals surface area contributed by atoms with E-state index >= 15 is 0 Å². The lowest BCUT2D eigenvalue weighted by Gasteiger charge is -2.08. The summed E-state index contributed by atoms with van der Waals surface area (Å²) in [6.07, 6.45) is 3.79. The maximum Gasteiger partial charge on any atom is 0.140 e. The Morgan fingerprint density at radius 2 is 1.95 bits per heavy atom. The van der Waals surface area contributed by atoms with Crippen molar-refractivity contribution in [1.82, 2.24) is 19.3 Å². The van der Waals surface area contributed by atoms with Crippen molar-refractivity contribution in [2.75, 3.05) is 5.73 Å². The molecule has 0 amide bonds. The molecular formula is C15H17N5. The third kappa shape index (κ3) is 2.30. The summed E-state index contributed by atoms with van der Waals surface area (Å²) in [5.74, 6) is 0.934. The van der Waals surface area contributed by atoms with Gasteiger partial charge in [-0.25, -0.2) is 4.98 Å². The molecule has 3 rings (SSSR count). The Bertz CT molecular complexity index is 721. The molecule has 0 radical (unpaired) electrons. The van der Waals surface area contributed by atoms with Crippen LogP contribution in [0.3, 0.4) is 0 Å². The van der Waals surface area contributed by atoms with Crippen molar-refractivity contribution in [3.05, 3.63) is 54.1 Å². The first-order valence-electron chi connectivity index (χ1n) is 6.50. The molecule has 0 saturated carbocycles. The van der Waals surface area contributed by atoms with Crippen LogP contribution in [0.25, 0.3) is 11.4 Å². The summed E-state index contributed by atoms with van der Waals surface area (Å²) in [7, 11) is 1.96. The van der Waals surface area contributed by atoms with Crippen LogP contribution in [0.5, 0.6) is 0 Å². The molecule has 0 bridgehead atoms. The summed E-state index contributed by atoms with van der Waals surface area (Å²) < 4.78 is 4.02. The number of anilines is 1. The Morgan fingerprint density at radius 3 is 2.60 bits per heavy atom. The molecule has 2 heterocycles. The van der Waals surface area contributed by atoms with Gasteiger partial charge in [0.2, 0.25) is 0 Å². The fraction of sp³-hybridized carbons (Fsp3) is 0.200.